The van der Waals surface area contributed by atoms with E-state index in [1.54, 1.807) is 28.8 Å². The lowest BCUT2D eigenvalue weighted by Crippen LogP contribution is -2.60. The molecule has 3 amide bonds. The summed E-state index contributed by atoms with van der Waals surface area (Å²) in [4.78, 5) is 48.9. The monoisotopic (exact) mass is 559 g/mol. The molecule has 3 saturated heterocycles. The van der Waals surface area contributed by atoms with Gasteiger partial charge in [0.2, 0.25) is 17.7 Å². The van der Waals surface area contributed by atoms with Crippen LogP contribution in [-0.4, -0.2) is 91.9 Å². The molecular formula is C31H49N3O4S. The Kier molecular flexibility index (Phi) is 9.90. The van der Waals surface area contributed by atoms with Gasteiger partial charge in [-0.1, -0.05) is 58.6 Å². The van der Waals surface area contributed by atoms with Gasteiger partial charge in [-0.2, -0.15) is 0 Å². The molecule has 7 atom stereocenters. The first-order chi connectivity index (χ1) is 18.8. The van der Waals surface area contributed by atoms with Crippen molar-refractivity contribution in [2.45, 2.75) is 107 Å². The normalized spacial score (nSPS) is 31.6. The Morgan fingerprint density at radius 3 is 2.41 bits per heavy atom. The van der Waals surface area contributed by atoms with Crippen molar-refractivity contribution in [1.29, 1.82) is 0 Å². The van der Waals surface area contributed by atoms with Crippen molar-refractivity contribution in [1.82, 2.24) is 14.7 Å². The van der Waals surface area contributed by atoms with Gasteiger partial charge in [0.05, 0.1) is 29.2 Å². The topological polar surface area (TPSA) is 81.2 Å². The van der Waals surface area contributed by atoms with Gasteiger partial charge < -0.3 is 19.8 Å². The SMILES string of the molecule is C=CCN(CCC)C(=O)[C@@H]1[C@@H]2CCC3(S2)C(C(=O)N(CC=C)C2CCCCC2)N([C@@H](CO)[C@@H](C)CC)C(=O)[C@H]13. The summed E-state index contributed by atoms with van der Waals surface area (Å²) in [6, 6.07) is -0.986. The van der Waals surface area contributed by atoms with Crippen molar-refractivity contribution in [3.8, 4) is 0 Å². The molecule has 1 spiro atoms. The first kappa shape index (κ1) is 30.2. The Bertz CT molecular complexity index is 937. The third kappa shape index (κ3) is 5.20. The zero-order chi connectivity index (χ0) is 28.3. The standard InChI is InChI=1S/C31H49N3O4S/c1-6-17-32(18-7-2)28(36)25-24-15-16-31(39-24)26(25)29(37)34(23(20-35)21(5)9-4)27(31)30(38)33(19-8-3)22-13-11-10-12-14-22/h6,8,21-27,35H,1,3,7,9-20H2,2,4-5H3/t21-,23-,24-,25+,26-,27?,31?/m0/s1. The molecule has 218 valence electrons. The first-order valence-electron chi connectivity index (χ1n) is 15.2. The average molecular weight is 560 g/mol. The second kappa shape index (κ2) is 12.8. The molecule has 1 N–H and O–H groups in total. The highest BCUT2D eigenvalue weighted by atomic mass is 32.2. The summed E-state index contributed by atoms with van der Waals surface area (Å²) in [7, 11) is 0. The Hall–Kier alpha value is -1.80. The molecule has 0 radical (unpaired) electrons. The zero-order valence-electron chi connectivity index (χ0n) is 24.2. The van der Waals surface area contributed by atoms with Gasteiger partial charge >= 0.3 is 0 Å². The molecule has 39 heavy (non-hydrogen) atoms. The van der Waals surface area contributed by atoms with Crippen LogP contribution >= 0.6 is 11.8 Å². The Balaban J connectivity index is 1.78. The highest BCUT2D eigenvalue weighted by molar-refractivity contribution is 8.02. The average Bonchev–Trinajstić information content (AvgIpc) is 3.59. The molecule has 4 fully saturated rings. The van der Waals surface area contributed by atoms with Crippen LogP contribution in [0.25, 0.3) is 0 Å². The fourth-order valence-corrected chi connectivity index (χ4v) is 10.1. The molecule has 7 nitrogen and oxygen atoms in total. The number of aliphatic hydroxyl groups is 1. The van der Waals surface area contributed by atoms with E-state index in [2.05, 4.69) is 27.0 Å². The van der Waals surface area contributed by atoms with Crippen LogP contribution in [0.2, 0.25) is 0 Å². The number of hydrogen-bond acceptors (Lipinski definition) is 5. The molecule has 1 saturated carbocycles. The van der Waals surface area contributed by atoms with Crippen LogP contribution in [-0.2, 0) is 14.4 Å². The van der Waals surface area contributed by atoms with Crippen LogP contribution < -0.4 is 0 Å². The summed E-state index contributed by atoms with van der Waals surface area (Å²) < 4.78 is -0.639. The number of nitrogens with zero attached hydrogens (tertiary/aromatic N) is 3. The van der Waals surface area contributed by atoms with Crippen molar-refractivity contribution >= 4 is 29.5 Å². The van der Waals surface area contributed by atoms with Crippen LogP contribution in [0.15, 0.2) is 25.3 Å². The number of amides is 3. The quantitative estimate of drug-likeness (QED) is 0.341. The van der Waals surface area contributed by atoms with Crippen LogP contribution in [0.5, 0.6) is 0 Å². The van der Waals surface area contributed by atoms with Crippen LogP contribution in [0, 0.1) is 17.8 Å². The molecule has 0 aromatic heterocycles. The molecule has 4 rings (SSSR count). The van der Waals surface area contributed by atoms with Gasteiger partial charge in [0, 0.05) is 30.9 Å². The molecule has 0 aromatic carbocycles. The van der Waals surface area contributed by atoms with Crippen molar-refractivity contribution in [3.63, 3.8) is 0 Å². The largest absolute Gasteiger partial charge is 0.394 e. The number of hydrogen-bond donors (Lipinski definition) is 1. The number of rotatable bonds is 13. The summed E-state index contributed by atoms with van der Waals surface area (Å²) in [5.41, 5.74) is 0. The van der Waals surface area contributed by atoms with Crippen LogP contribution in [0.3, 0.4) is 0 Å². The number of carbonyl (C=O) groups excluding carboxylic acids is 3. The van der Waals surface area contributed by atoms with E-state index in [9.17, 15) is 19.5 Å². The number of carbonyl (C=O) groups is 3. The van der Waals surface area contributed by atoms with Crippen LogP contribution in [0.4, 0.5) is 0 Å². The summed E-state index contributed by atoms with van der Waals surface area (Å²) >= 11 is 1.72. The molecular weight excluding hydrogens is 510 g/mol. The third-order valence-electron chi connectivity index (χ3n) is 9.88. The number of thioether (sulfide) groups is 1. The molecule has 8 heteroatoms. The predicted octanol–water partition coefficient (Wildman–Crippen LogP) is 4.26. The summed E-state index contributed by atoms with van der Waals surface area (Å²) in [5, 5.41) is 10.6. The van der Waals surface area contributed by atoms with Crippen molar-refractivity contribution in [2.75, 3.05) is 26.2 Å². The van der Waals surface area contributed by atoms with E-state index in [4.69, 9.17) is 0 Å². The molecule has 3 heterocycles. The maximum atomic E-state index is 14.7. The number of likely N-dealkylation sites (tertiary alicyclic amines) is 1. The summed E-state index contributed by atoms with van der Waals surface area (Å²) in [6.07, 6.45) is 12.1. The highest BCUT2D eigenvalue weighted by Gasteiger charge is 2.74. The van der Waals surface area contributed by atoms with E-state index < -0.39 is 28.7 Å². The molecule has 0 aromatic rings. The minimum atomic E-state index is -0.671. The zero-order valence-corrected chi connectivity index (χ0v) is 25.0. The van der Waals surface area contributed by atoms with E-state index in [-0.39, 0.29) is 41.5 Å². The highest BCUT2D eigenvalue weighted by Crippen LogP contribution is 2.67. The van der Waals surface area contributed by atoms with Gasteiger partial charge in [0.25, 0.3) is 0 Å². The van der Waals surface area contributed by atoms with Crippen LogP contribution in [0.1, 0.15) is 78.6 Å². The molecule has 2 unspecified atom stereocenters. The lowest BCUT2D eigenvalue weighted by molar-refractivity contribution is -0.149. The Labute approximate surface area is 239 Å². The minimum absolute atomic E-state index is 0.0153. The molecule has 3 aliphatic heterocycles. The fourth-order valence-electron chi connectivity index (χ4n) is 7.86. The van der Waals surface area contributed by atoms with Gasteiger partial charge in [-0.3, -0.25) is 14.4 Å². The lowest BCUT2D eigenvalue weighted by Gasteiger charge is -2.43. The lowest BCUT2D eigenvalue weighted by atomic mass is 9.70. The second-order valence-corrected chi connectivity index (χ2v) is 13.7. The Morgan fingerprint density at radius 2 is 1.82 bits per heavy atom. The van der Waals surface area contributed by atoms with Crippen molar-refractivity contribution < 1.29 is 19.5 Å². The van der Waals surface area contributed by atoms with E-state index in [1.807, 2.05) is 16.7 Å². The number of fused-ring (bicyclic) bond motifs is 1. The number of aliphatic hydroxyl groups excluding tert-OH is 1. The van der Waals surface area contributed by atoms with Crippen molar-refractivity contribution in [2.24, 2.45) is 17.8 Å². The van der Waals surface area contributed by atoms with E-state index in [0.717, 1.165) is 51.4 Å². The van der Waals surface area contributed by atoms with E-state index >= 15 is 0 Å². The van der Waals surface area contributed by atoms with Gasteiger partial charge in [-0.05, 0) is 38.0 Å². The molecule has 2 bridgehead atoms. The molecule has 1 aliphatic carbocycles. The minimum Gasteiger partial charge on any atom is -0.394 e. The van der Waals surface area contributed by atoms with Gasteiger partial charge in [-0.25, -0.2) is 0 Å². The van der Waals surface area contributed by atoms with E-state index in [1.165, 1.54) is 6.42 Å². The maximum Gasteiger partial charge on any atom is 0.247 e. The second-order valence-electron chi connectivity index (χ2n) is 12.1. The smallest absolute Gasteiger partial charge is 0.247 e. The summed E-state index contributed by atoms with van der Waals surface area (Å²) in [6.45, 7) is 15.3. The maximum absolute atomic E-state index is 14.7. The van der Waals surface area contributed by atoms with Gasteiger partial charge in [0.1, 0.15) is 6.04 Å². The van der Waals surface area contributed by atoms with Gasteiger partial charge in [-0.15, -0.1) is 24.9 Å². The first-order valence-corrected chi connectivity index (χ1v) is 16.1. The Morgan fingerprint density at radius 1 is 1.13 bits per heavy atom. The third-order valence-corrected chi connectivity index (χ3v) is 11.8. The predicted molar refractivity (Wildman–Crippen MR) is 157 cm³/mol. The molecule has 4 aliphatic rings. The van der Waals surface area contributed by atoms with E-state index in [0.29, 0.717) is 19.6 Å². The van der Waals surface area contributed by atoms with Gasteiger partial charge in [0.15, 0.2) is 0 Å². The van der Waals surface area contributed by atoms with Crippen molar-refractivity contribution in [3.05, 3.63) is 25.3 Å². The summed E-state index contributed by atoms with van der Waals surface area (Å²) in [5.74, 6) is -1.07. The fraction of sp³-hybridized carbons (Fsp3) is 0.774.